The zero-order valence-electron chi connectivity index (χ0n) is 13.2. The molecule has 2 rings (SSSR count). The van der Waals surface area contributed by atoms with E-state index < -0.39 is 0 Å². The molecule has 1 unspecified atom stereocenters. The maximum absolute atomic E-state index is 12.2. The smallest absolute Gasteiger partial charge is 0.222 e. The number of hydrogen-bond acceptors (Lipinski definition) is 3. The molecule has 130 valence electrons. The van der Waals surface area contributed by atoms with Crippen molar-refractivity contribution in [3.8, 4) is 5.75 Å². The first kappa shape index (κ1) is 20.4. The Morgan fingerprint density at radius 3 is 2.96 bits per heavy atom. The van der Waals surface area contributed by atoms with Crippen molar-refractivity contribution >= 4 is 41.5 Å². The molecule has 1 heterocycles. The second-order valence-electron chi connectivity index (χ2n) is 5.47. The van der Waals surface area contributed by atoms with Crippen LogP contribution >= 0.6 is 35.6 Å². The number of likely N-dealkylation sites (N-methyl/N-ethyl adjacent to an activating group) is 1. The van der Waals surface area contributed by atoms with Gasteiger partial charge in [-0.25, -0.2) is 0 Å². The van der Waals surface area contributed by atoms with Gasteiger partial charge < -0.3 is 15.0 Å². The molecule has 1 atom stereocenters. The van der Waals surface area contributed by atoms with E-state index in [2.05, 4.69) is 5.32 Å². The maximum atomic E-state index is 12.2. The van der Waals surface area contributed by atoms with E-state index >= 15 is 0 Å². The van der Waals surface area contributed by atoms with E-state index in [1.54, 1.807) is 18.2 Å². The molecule has 23 heavy (non-hydrogen) atoms. The van der Waals surface area contributed by atoms with Gasteiger partial charge in [-0.3, -0.25) is 4.79 Å². The molecule has 1 aromatic rings. The number of ether oxygens (including phenoxy) is 1. The minimum Gasteiger partial charge on any atom is -0.492 e. The summed E-state index contributed by atoms with van der Waals surface area (Å²) >= 11 is 12.0. The van der Waals surface area contributed by atoms with E-state index in [4.69, 9.17) is 27.9 Å². The first-order chi connectivity index (χ1) is 10.6. The maximum Gasteiger partial charge on any atom is 0.222 e. The van der Waals surface area contributed by atoms with Gasteiger partial charge in [0, 0.05) is 25.6 Å². The van der Waals surface area contributed by atoms with Crippen molar-refractivity contribution in [3.63, 3.8) is 0 Å². The molecule has 7 heteroatoms. The molecule has 0 radical (unpaired) electrons. The van der Waals surface area contributed by atoms with Gasteiger partial charge in [0.25, 0.3) is 0 Å². The number of carbonyl (C=O) groups is 1. The van der Waals surface area contributed by atoms with Crippen molar-refractivity contribution in [1.82, 2.24) is 10.2 Å². The first-order valence-electron chi connectivity index (χ1n) is 7.63. The Morgan fingerprint density at radius 1 is 1.43 bits per heavy atom. The average Bonchev–Trinajstić information content (AvgIpc) is 2.55. The summed E-state index contributed by atoms with van der Waals surface area (Å²) in [6.45, 7) is 2.11. The second-order valence-corrected chi connectivity index (χ2v) is 6.26. The molecule has 0 saturated carbocycles. The van der Waals surface area contributed by atoms with Gasteiger partial charge in [-0.05, 0) is 38.4 Å². The van der Waals surface area contributed by atoms with Crippen LogP contribution in [0.2, 0.25) is 10.0 Å². The highest BCUT2D eigenvalue weighted by molar-refractivity contribution is 6.42. The van der Waals surface area contributed by atoms with Crippen LogP contribution in [0, 0.1) is 0 Å². The summed E-state index contributed by atoms with van der Waals surface area (Å²) in [5, 5.41) is 4.14. The van der Waals surface area contributed by atoms with Crippen molar-refractivity contribution in [2.45, 2.75) is 31.7 Å². The molecule has 1 fully saturated rings. The van der Waals surface area contributed by atoms with Crippen molar-refractivity contribution in [3.05, 3.63) is 28.2 Å². The number of carbonyl (C=O) groups excluding carboxylic acids is 1. The lowest BCUT2D eigenvalue weighted by molar-refractivity contribution is -0.132. The third-order valence-corrected chi connectivity index (χ3v) is 4.69. The van der Waals surface area contributed by atoms with Crippen LogP contribution in [0.3, 0.4) is 0 Å². The highest BCUT2D eigenvalue weighted by Gasteiger charge is 2.21. The molecule has 1 aliphatic rings. The summed E-state index contributed by atoms with van der Waals surface area (Å²) in [7, 11) is 1.95. The predicted molar refractivity (Wildman–Crippen MR) is 97.1 cm³/mol. The molecule has 0 aromatic heterocycles. The van der Waals surface area contributed by atoms with Gasteiger partial charge in [-0.15, -0.1) is 12.4 Å². The topological polar surface area (TPSA) is 41.6 Å². The number of hydrogen-bond donors (Lipinski definition) is 1. The molecular weight excluding hydrogens is 359 g/mol. The normalized spacial score (nSPS) is 17.5. The molecule has 0 bridgehead atoms. The molecular formula is C16H23Cl3N2O2. The fraction of sp³-hybridized carbons (Fsp3) is 0.562. The Hall–Kier alpha value is -0.680. The van der Waals surface area contributed by atoms with Crippen molar-refractivity contribution in [2.24, 2.45) is 0 Å². The largest absolute Gasteiger partial charge is 0.492 e. The first-order valence-corrected chi connectivity index (χ1v) is 8.39. The summed E-state index contributed by atoms with van der Waals surface area (Å²) in [6.07, 6.45) is 3.36. The zero-order valence-corrected chi connectivity index (χ0v) is 15.5. The highest BCUT2D eigenvalue weighted by atomic mass is 35.5. The molecule has 1 N–H and O–H groups in total. The lowest BCUT2D eigenvalue weighted by atomic mass is 10.1. The number of halogens is 3. The van der Waals surface area contributed by atoms with E-state index in [0.29, 0.717) is 41.3 Å². The van der Waals surface area contributed by atoms with Crippen LogP contribution in [0.25, 0.3) is 0 Å². The number of amides is 1. The molecule has 1 aromatic carbocycles. The Labute approximate surface area is 153 Å². The number of nitrogens with one attached hydrogen (secondary N) is 1. The number of benzene rings is 1. The lowest BCUT2D eigenvalue weighted by Crippen LogP contribution is -2.46. The molecule has 1 saturated heterocycles. The Balaban J connectivity index is 0.00000264. The van der Waals surface area contributed by atoms with Crippen molar-refractivity contribution < 1.29 is 9.53 Å². The van der Waals surface area contributed by atoms with Gasteiger partial charge in [-0.1, -0.05) is 29.3 Å². The van der Waals surface area contributed by atoms with Gasteiger partial charge in [0.2, 0.25) is 5.91 Å². The van der Waals surface area contributed by atoms with E-state index in [-0.39, 0.29) is 18.3 Å². The summed E-state index contributed by atoms with van der Waals surface area (Å²) in [5.74, 6) is 0.760. The summed E-state index contributed by atoms with van der Waals surface area (Å²) in [5.41, 5.74) is 0. The van der Waals surface area contributed by atoms with E-state index in [9.17, 15) is 4.79 Å². The quantitative estimate of drug-likeness (QED) is 0.762. The van der Waals surface area contributed by atoms with E-state index in [1.807, 2.05) is 11.9 Å². The van der Waals surface area contributed by atoms with Gasteiger partial charge >= 0.3 is 0 Å². The highest BCUT2D eigenvalue weighted by Crippen LogP contribution is 2.31. The Morgan fingerprint density at radius 2 is 2.22 bits per heavy atom. The van der Waals surface area contributed by atoms with Crippen LogP contribution in [0.4, 0.5) is 0 Å². The van der Waals surface area contributed by atoms with Crippen LogP contribution in [0.15, 0.2) is 18.2 Å². The van der Waals surface area contributed by atoms with E-state index in [1.165, 1.54) is 0 Å². The number of piperidine rings is 1. The fourth-order valence-corrected chi connectivity index (χ4v) is 2.94. The summed E-state index contributed by atoms with van der Waals surface area (Å²) in [6, 6.07) is 5.70. The third-order valence-electron chi connectivity index (χ3n) is 3.89. The zero-order chi connectivity index (χ0) is 15.9. The predicted octanol–water partition coefficient (Wildman–Crippen LogP) is 3.78. The van der Waals surface area contributed by atoms with Crippen molar-refractivity contribution in [2.75, 3.05) is 26.7 Å². The van der Waals surface area contributed by atoms with Gasteiger partial charge in [0.05, 0.1) is 11.6 Å². The van der Waals surface area contributed by atoms with Crippen LogP contribution < -0.4 is 10.1 Å². The monoisotopic (exact) mass is 380 g/mol. The number of likely N-dealkylation sites (tertiary alicyclic amines) is 1. The van der Waals surface area contributed by atoms with Crippen LogP contribution in [-0.2, 0) is 4.79 Å². The standard InChI is InChI=1S/C16H22Cl2N2O2.ClH/c1-19-12-5-3-9-20(11-12)15(21)8-4-10-22-14-7-2-6-13(17)16(14)18;/h2,6-7,12,19H,3-5,8-11H2,1H3;1H. The minimum atomic E-state index is 0. The summed E-state index contributed by atoms with van der Waals surface area (Å²) in [4.78, 5) is 14.1. The fourth-order valence-electron chi connectivity index (χ4n) is 2.60. The molecule has 0 spiro atoms. The second kappa shape index (κ2) is 10.2. The Bertz CT molecular complexity index is 514. The SMILES string of the molecule is CNC1CCCN(C(=O)CCCOc2cccc(Cl)c2Cl)C1.Cl. The number of rotatable bonds is 6. The molecule has 1 amide bonds. The van der Waals surface area contributed by atoms with Crippen LogP contribution in [0.5, 0.6) is 5.75 Å². The lowest BCUT2D eigenvalue weighted by Gasteiger charge is -2.32. The molecule has 1 aliphatic heterocycles. The number of nitrogens with zero attached hydrogens (tertiary/aromatic N) is 1. The van der Waals surface area contributed by atoms with Gasteiger partial charge in [0.1, 0.15) is 10.8 Å². The summed E-state index contributed by atoms with van der Waals surface area (Å²) < 4.78 is 5.60. The van der Waals surface area contributed by atoms with Crippen LogP contribution in [-0.4, -0.2) is 43.6 Å². The minimum absolute atomic E-state index is 0. The third kappa shape index (κ3) is 6.03. The van der Waals surface area contributed by atoms with Gasteiger partial charge in [0.15, 0.2) is 0 Å². The van der Waals surface area contributed by atoms with Gasteiger partial charge in [-0.2, -0.15) is 0 Å². The Kier molecular flexibility index (Phi) is 9.07. The molecule has 0 aliphatic carbocycles. The average molecular weight is 382 g/mol. The van der Waals surface area contributed by atoms with Crippen LogP contribution in [0.1, 0.15) is 25.7 Å². The molecule has 4 nitrogen and oxygen atoms in total. The van der Waals surface area contributed by atoms with Crippen molar-refractivity contribution in [1.29, 1.82) is 0 Å². The van der Waals surface area contributed by atoms with E-state index in [0.717, 1.165) is 25.9 Å².